The van der Waals surface area contributed by atoms with E-state index in [2.05, 4.69) is 20.0 Å². The van der Waals surface area contributed by atoms with Gasteiger partial charge in [-0.1, -0.05) is 0 Å². The Morgan fingerprint density at radius 3 is 2.78 bits per heavy atom. The molecule has 9 heteroatoms. The summed E-state index contributed by atoms with van der Waals surface area (Å²) in [5.74, 6) is 0.134. The Morgan fingerprint density at radius 2 is 2.04 bits per heavy atom. The van der Waals surface area contributed by atoms with Crippen LogP contribution in [0, 0.1) is 6.92 Å². The number of aryl methyl sites for hydroxylation is 1. The van der Waals surface area contributed by atoms with Crippen molar-refractivity contribution in [3.63, 3.8) is 0 Å². The van der Waals surface area contributed by atoms with E-state index in [1.807, 2.05) is 6.92 Å². The molecule has 0 aliphatic carbocycles. The van der Waals surface area contributed by atoms with Crippen LogP contribution in [0.2, 0.25) is 0 Å². The van der Waals surface area contributed by atoms with Crippen molar-refractivity contribution in [3.05, 3.63) is 41.9 Å². The number of nitrogens with zero attached hydrogens (tertiary/aromatic N) is 1. The molecular formula is C14H14N4O4S. The van der Waals surface area contributed by atoms with E-state index in [0.717, 1.165) is 16.9 Å². The number of carbonyl (C=O) groups is 1. The maximum absolute atomic E-state index is 12.1. The molecule has 0 radical (unpaired) electrons. The fourth-order valence-electron chi connectivity index (χ4n) is 2.09. The second-order valence-electron chi connectivity index (χ2n) is 4.83. The van der Waals surface area contributed by atoms with Crippen molar-refractivity contribution in [1.82, 2.24) is 14.7 Å². The van der Waals surface area contributed by atoms with Crippen LogP contribution in [0.3, 0.4) is 0 Å². The molecule has 0 aliphatic heterocycles. The number of H-pyrrole nitrogens is 1. The predicted molar refractivity (Wildman–Crippen MR) is 83.7 cm³/mol. The standard InChI is InChI=1S/C14H14N4O4S/c1-8-16-10-4-3-9(7-11(10)17-8)18-14(19)12-5-6-13(22-12)23(20,21)15-2/h3-7,15H,1-2H3,(H,16,17)(H,18,19). The lowest BCUT2D eigenvalue weighted by molar-refractivity contribution is 0.0991. The number of aromatic amines is 1. The SMILES string of the molecule is CNS(=O)(=O)c1ccc(C(=O)Nc2ccc3nc(C)[nH]c3c2)o1. The maximum Gasteiger partial charge on any atom is 0.291 e. The molecule has 0 atom stereocenters. The van der Waals surface area contributed by atoms with Crippen molar-refractivity contribution in [2.45, 2.75) is 12.0 Å². The molecule has 3 aromatic rings. The molecule has 0 unspecified atom stereocenters. The van der Waals surface area contributed by atoms with Crippen LogP contribution < -0.4 is 10.0 Å². The van der Waals surface area contributed by atoms with Gasteiger partial charge in [-0.25, -0.2) is 18.1 Å². The van der Waals surface area contributed by atoms with Gasteiger partial charge in [0, 0.05) is 5.69 Å². The number of anilines is 1. The fourth-order valence-corrected chi connectivity index (χ4v) is 2.74. The smallest absolute Gasteiger partial charge is 0.291 e. The first-order valence-corrected chi connectivity index (χ1v) is 8.18. The van der Waals surface area contributed by atoms with Crippen LogP contribution in [0.15, 0.2) is 39.8 Å². The van der Waals surface area contributed by atoms with Gasteiger partial charge in [0.25, 0.3) is 15.9 Å². The van der Waals surface area contributed by atoms with Gasteiger partial charge in [0.1, 0.15) is 5.82 Å². The van der Waals surface area contributed by atoms with Crippen LogP contribution in [0.5, 0.6) is 0 Å². The molecule has 2 heterocycles. The summed E-state index contributed by atoms with van der Waals surface area (Å²) in [6.45, 7) is 1.84. The van der Waals surface area contributed by atoms with Gasteiger partial charge in [0.2, 0.25) is 5.09 Å². The van der Waals surface area contributed by atoms with E-state index in [4.69, 9.17) is 4.42 Å². The van der Waals surface area contributed by atoms with Gasteiger partial charge in [-0.3, -0.25) is 4.79 Å². The van der Waals surface area contributed by atoms with Crippen LogP contribution in [0.1, 0.15) is 16.4 Å². The van der Waals surface area contributed by atoms with Gasteiger partial charge in [-0.2, -0.15) is 0 Å². The quantitative estimate of drug-likeness (QED) is 0.670. The normalized spacial score (nSPS) is 11.7. The Labute approximate surface area is 132 Å². The lowest BCUT2D eigenvalue weighted by Crippen LogP contribution is -2.18. The Morgan fingerprint density at radius 1 is 1.26 bits per heavy atom. The van der Waals surface area contributed by atoms with Gasteiger partial charge in [-0.05, 0) is 44.3 Å². The number of sulfonamides is 1. The first-order valence-electron chi connectivity index (χ1n) is 6.70. The highest BCUT2D eigenvalue weighted by Crippen LogP contribution is 2.19. The van der Waals surface area contributed by atoms with Crippen molar-refractivity contribution in [2.75, 3.05) is 12.4 Å². The van der Waals surface area contributed by atoms with Crippen molar-refractivity contribution < 1.29 is 17.6 Å². The van der Waals surface area contributed by atoms with Crippen LogP contribution in [-0.2, 0) is 10.0 Å². The Kier molecular flexibility index (Phi) is 3.66. The highest BCUT2D eigenvalue weighted by molar-refractivity contribution is 7.89. The van der Waals surface area contributed by atoms with Gasteiger partial charge >= 0.3 is 0 Å². The first-order chi connectivity index (χ1) is 10.9. The topological polar surface area (TPSA) is 117 Å². The van der Waals surface area contributed by atoms with Crippen molar-refractivity contribution >= 4 is 32.7 Å². The minimum atomic E-state index is -3.72. The van der Waals surface area contributed by atoms with Gasteiger partial charge in [-0.15, -0.1) is 0 Å². The molecule has 8 nitrogen and oxygen atoms in total. The van der Waals surface area contributed by atoms with E-state index in [0.29, 0.717) is 5.69 Å². The van der Waals surface area contributed by atoms with Crippen molar-refractivity contribution in [3.8, 4) is 0 Å². The minimum Gasteiger partial charge on any atom is -0.438 e. The average Bonchev–Trinajstić information content (AvgIpc) is 3.12. The summed E-state index contributed by atoms with van der Waals surface area (Å²) in [5.41, 5.74) is 2.12. The molecule has 0 saturated carbocycles. The molecule has 0 fully saturated rings. The average molecular weight is 334 g/mol. The molecule has 0 aliphatic rings. The van der Waals surface area contributed by atoms with Gasteiger partial charge in [0.05, 0.1) is 11.0 Å². The summed E-state index contributed by atoms with van der Waals surface area (Å²) in [5, 5.41) is 2.33. The number of rotatable bonds is 4. The van der Waals surface area contributed by atoms with Gasteiger partial charge < -0.3 is 14.7 Å². The monoisotopic (exact) mass is 334 g/mol. The van der Waals surface area contributed by atoms with E-state index in [1.54, 1.807) is 18.2 Å². The zero-order valence-corrected chi connectivity index (χ0v) is 13.2. The van der Waals surface area contributed by atoms with Crippen molar-refractivity contribution in [2.24, 2.45) is 0 Å². The summed E-state index contributed by atoms with van der Waals surface area (Å²) < 4.78 is 30.4. The summed E-state index contributed by atoms with van der Waals surface area (Å²) in [7, 11) is -2.46. The Hall–Kier alpha value is -2.65. The zero-order valence-electron chi connectivity index (χ0n) is 12.4. The number of benzene rings is 1. The lowest BCUT2D eigenvalue weighted by atomic mass is 10.2. The summed E-state index contributed by atoms with van der Waals surface area (Å²) in [6.07, 6.45) is 0. The molecule has 2 aromatic heterocycles. The van der Waals surface area contributed by atoms with E-state index in [9.17, 15) is 13.2 Å². The number of imidazole rings is 1. The third kappa shape index (κ3) is 2.96. The number of furan rings is 1. The van der Waals surface area contributed by atoms with E-state index in [1.165, 1.54) is 19.2 Å². The minimum absolute atomic E-state index is 0.0975. The maximum atomic E-state index is 12.1. The molecule has 120 valence electrons. The van der Waals surface area contributed by atoms with Crippen LogP contribution >= 0.6 is 0 Å². The summed E-state index contributed by atoms with van der Waals surface area (Å²) >= 11 is 0. The number of carbonyl (C=O) groups excluding carboxylic acids is 1. The predicted octanol–water partition coefficient (Wildman–Crippen LogP) is 1.62. The van der Waals surface area contributed by atoms with Crippen molar-refractivity contribution in [1.29, 1.82) is 0 Å². The summed E-state index contributed by atoms with van der Waals surface area (Å²) in [6, 6.07) is 7.74. The van der Waals surface area contributed by atoms with Crippen LogP contribution in [0.4, 0.5) is 5.69 Å². The number of aromatic nitrogens is 2. The molecule has 23 heavy (non-hydrogen) atoms. The third-order valence-corrected chi connectivity index (χ3v) is 4.48. The summed E-state index contributed by atoms with van der Waals surface area (Å²) in [4.78, 5) is 19.5. The number of amides is 1. The molecule has 1 aromatic carbocycles. The van der Waals surface area contributed by atoms with Crippen LogP contribution in [-0.4, -0.2) is 31.3 Å². The van der Waals surface area contributed by atoms with E-state index < -0.39 is 15.9 Å². The van der Waals surface area contributed by atoms with E-state index in [-0.39, 0.29) is 10.9 Å². The third-order valence-electron chi connectivity index (χ3n) is 3.20. The molecule has 0 spiro atoms. The first kappa shape index (κ1) is 15.3. The van der Waals surface area contributed by atoms with Crippen LogP contribution in [0.25, 0.3) is 11.0 Å². The molecule has 0 saturated heterocycles. The second-order valence-corrected chi connectivity index (χ2v) is 6.65. The highest BCUT2D eigenvalue weighted by Gasteiger charge is 2.19. The lowest BCUT2D eigenvalue weighted by Gasteiger charge is -2.03. The number of hydrogen-bond acceptors (Lipinski definition) is 5. The molecular weight excluding hydrogens is 320 g/mol. The second kappa shape index (κ2) is 5.52. The molecule has 3 rings (SSSR count). The fraction of sp³-hybridized carbons (Fsp3) is 0.143. The molecule has 0 bridgehead atoms. The Balaban J connectivity index is 1.83. The van der Waals surface area contributed by atoms with E-state index >= 15 is 0 Å². The largest absolute Gasteiger partial charge is 0.438 e. The zero-order chi connectivity index (χ0) is 16.6. The molecule has 1 amide bonds. The number of hydrogen-bond donors (Lipinski definition) is 3. The van der Waals surface area contributed by atoms with Gasteiger partial charge in [0.15, 0.2) is 5.76 Å². The number of nitrogens with one attached hydrogen (secondary N) is 3. The number of fused-ring (bicyclic) bond motifs is 1. The highest BCUT2D eigenvalue weighted by atomic mass is 32.2. The molecule has 3 N–H and O–H groups in total. The Bertz CT molecular complexity index is 987.